The lowest BCUT2D eigenvalue weighted by Crippen LogP contribution is -2.16. The summed E-state index contributed by atoms with van der Waals surface area (Å²) in [7, 11) is 1.30. The van der Waals surface area contributed by atoms with Crippen LogP contribution in [0.1, 0.15) is 39.2 Å². The predicted molar refractivity (Wildman–Crippen MR) is 101 cm³/mol. The second-order valence-electron chi connectivity index (χ2n) is 6.08. The maximum absolute atomic E-state index is 13.0. The van der Waals surface area contributed by atoms with Crippen LogP contribution in [0.5, 0.6) is 0 Å². The molecular formula is C20H17FN2O3S. The van der Waals surface area contributed by atoms with Gasteiger partial charge in [0.1, 0.15) is 22.5 Å². The van der Waals surface area contributed by atoms with E-state index in [1.807, 2.05) is 6.07 Å². The van der Waals surface area contributed by atoms with E-state index in [-0.39, 0.29) is 5.57 Å². The van der Waals surface area contributed by atoms with Gasteiger partial charge in [-0.15, -0.1) is 11.3 Å². The first-order chi connectivity index (χ1) is 13.0. The number of nitrogens with zero attached hydrogens (tertiary/aromatic N) is 1. The van der Waals surface area contributed by atoms with Crippen LogP contribution in [-0.4, -0.2) is 19.0 Å². The van der Waals surface area contributed by atoms with Gasteiger partial charge in [0, 0.05) is 4.88 Å². The van der Waals surface area contributed by atoms with E-state index < -0.39 is 17.7 Å². The number of halogens is 1. The summed E-state index contributed by atoms with van der Waals surface area (Å²) in [6.45, 7) is 0. The second kappa shape index (κ2) is 8.14. The fourth-order valence-corrected chi connectivity index (χ4v) is 4.29. The van der Waals surface area contributed by atoms with Crippen LogP contribution in [0.15, 0.2) is 29.8 Å². The first kappa shape index (κ1) is 18.8. The number of aryl methyl sites for hydroxylation is 1. The molecular weight excluding hydrogens is 367 g/mol. The fourth-order valence-electron chi connectivity index (χ4n) is 3.02. The van der Waals surface area contributed by atoms with E-state index >= 15 is 0 Å². The highest BCUT2D eigenvalue weighted by Crippen LogP contribution is 2.38. The molecule has 0 saturated carbocycles. The molecule has 138 valence electrons. The number of ether oxygens (including phenoxy) is 1. The lowest BCUT2D eigenvalue weighted by molar-refractivity contribution is -0.112. The van der Waals surface area contributed by atoms with Gasteiger partial charge in [-0.1, -0.05) is 12.1 Å². The number of nitriles is 1. The number of methoxy groups -OCH3 is 1. The quantitative estimate of drug-likeness (QED) is 0.489. The molecule has 1 heterocycles. The molecule has 1 aromatic heterocycles. The van der Waals surface area contributed by atoms with Crippen LogP contribution in [-0.2, 0) is 22.4 Å². The number of rotatable bonds is 4. The molecule has 0 radical (unpaired) electrons. The van der Waals surface area contributed by atoms with Crippen molar-refractivity contribution in [1.29, 1.82) is 5.26 Å². The minimum atomic E-state index is -0.620. The first-order valence-electron chi connectivity index (χ1n) is 8.45. The van der Waals surface area contributed by atoms with Crippen molar-refractivity contribution < 1.29 is 18.7 Å². The Hall–Kier alpha value is -2.98. The molecule has 0 spiro atoms. The molecule has 1 aromatic carbocycles. The SMILES string of the molecule is COC(=O)c1c(NC(=O)/C(C#N)=C/c2ccc(F)cc2)sc2c1CCCC2. The van der Waals surface area contributed by atoms with Crippen LogP contribution in [0.25, 0.3) is 6.08 Å². The summed E-state index contributed by atoms with van der Waals surface area (Å²) < 4.78 is 17.9. The van der Waals surface area contributed by atoms with Gasteiger partial charge in [0.05, 0.1) is 12.7 Å². The van der Waals surface area contributed by atoms with Crippen LogP contribution in [0, 0.1) is 17.1 Å². The normalized spacial score (nSPS) is 13.4. The number of nitrogens with one attached hydrogen (secondary N) is 1. The van der Waals surface area contributed by atoms with E-state index in [4.69, 9.17) is 4.74 Å². The van der Waals surface area contributed by atoms with Crippen molar-refractivity contribution in [2.45, 2.75) is 25.7 Å². The number of thiophene rings is 1. The fraction of sp³-hybridized carbons (Fsp3) is 0.250. The summed E-state index contributed by atoms with van der Waals surface area (Å²) in [6.07, 6.45) is 5.02. The summed E-state index contributed by atoms with van der Waals surface area (Å²) >= 11 is 1.35. The number of fused-ring (bicyclic) bond motifs is 1. The van der Waals surface area contributed by atoms with E-state index in [1.54, 1.807) is 0 Å². The minimum Gasteiger partial charge on any atom is -0.465 e. The Kier molecular flexibility index (Phi) is 5.67. The zero-order chi connectivity index (χ0) is 19.4. The highest BCUT2D eigenvalue weighted by molar-refractivity contribution is 7.17. The smallest absolute Gasteiger partial charge is 0.341 e. The highest BCUT2D eigenvalue weighted by Gasteiger charge is 2.27. The Labute approximate surface area is 160 Å². The number of hydrogen-bond acceptors (Lipinski definition) is 5. The predicted octanol–water partition coefficient (Wildman–Crippen LogP) is 4.10. The number of esters is 1. The zero-order valence-electron chi connectivity index (χ0n) is 14.7. The molecule has 1 aliphatic carbocycles. The van der Waals surface area contributed by atoms with Crippen molar-refractivity contribution >= 4 is 34.3 Å². The summed E-state index contributed by atoms with van der Waals surface area (Å²) in [5.74, 6) is -1.52. The topological polar surface area (TPSA) is 79.2 Å². The zero-order valence-corrected chi connectivity index (χ0v) is 15.5. The first-order valence-corrected chi connectivity index (χ1v) is 9.26. The molecule has 0 aliphatic heterocycles. The van der Waals surface area contributed by atoms with Crippen LogP contribution in [0.3, 0.4) is 0 Å². The third-order valence-corrected chi connectivity index (χ3v) is 5.54. The largest absolute Gasteiger partial charge is 0.465 e. The van der Waals surface area contributed by atoms with Gasteiger partial charge in [-0.2, -0.15) is 5.26 Å². The molecule has 0 saturated heterocycles. The molecule has 27 heavy (non-hydrogen) atoms. The molecule has 0 unspecified atom stereocenters. The minimum absolute atomic E-state index is 0.135. The Bertz CT molecular complexity index is 955. The summed E-state index contributed by atoms with van der Waals surface area (Å²) in [6, 6.07) is 7.31. The standard InChI is InChI=1S/C20H17FN2O3S/c1-26-20(25)17-15-4-2-3-5-16(15)27-19(17)23-18(24)13(11-22)10-12-6-8-14(21)9-7-12/h6-10H,2-5H2,1H3,(H,23,24)/b13-10+. The Morgan fingerprint density at radius 2 is 1.96 bits per heavy atom. The van der Waals surface area contributed by atoms with E-state index in [0.29, 0.717) is 16.1 Å². The van der Waals surface area contributed by atoms with Gasteiger partial charge in [-0.3, -0.25) is 4.79 Å². The maximum Gasteiger partial charge on any atom is 0.341 e. The lowest BCUT2D eigenvalue weighted by Gasteiger charge is -2.11. The average molecular weight is 384 g/mol. The Morgan fingerprint density at radius 1 is 1.26 bits per heavy atom. The monoisotopic (exact) mass is 384 g/mol. The average Bonchev–Trinajstić information content (AvgIpc) is 3.04. The van der Waals surface area contributed by atoms with Crippen molar-refractivity contribution in [3.8, 4) is 6.07 Å². The van der Waals surface area contributed by atoms with Gasteiger partial charge in [-0.05, 0) is 55.0 Å². The molecule has 5 nitrogen and oxygen atoms in total. The molecule has 1 amide bonds. The van der Waals surface area contributed by atoms with Crippen LogP contribution in [0.4, 0.5) is 9.39 Å². The third-order valence-electron chi connectivity index (χ3n) is 4.33. The van der Waals surface area contributed by atoms with Crippen LogP contribution >= 0.6 is 11.3 Å². The van der Waals surface area contributed by atoms with Crippen molar-refractivity contribution in [1.82, 2.24) is 0 Å². The molecule has 7 heteroatoms. The van der Waals surface area contributed by atoms with Gasteiger partial charge >= 0.3 is 5.97 Å². The van der Waals surface area contributed by atoms with E-state index in [9.17, 15) is 19.2 Å². The third kappa shape index (κ3) is 4.07. The lowest BCUT2D eigenvalue weighted by atomic mass is 9.95. The summed E-state index contributed by atoms with van der Waals surface area (Å²) in [4.78, 5) is 25.9. The van der Waals surface area contributed by atoms with Gasteiger partial charge in [0.15, 0.2) is 0 Å². The molecule has 1 aliphatic rings. The Balaban J connectivity index is 1.90. The van der Waals surface area contributed by atoms with E-state index in [1.165, 1.54) is 48.8 Å². The maximum atomic E-state index is 13.0. The molecule has 0 bridgehead atoms. The molecule has 0 fully saturated rings. The molecule has 3 rings (SSSR count). The molecule has 0 atom stereocenters. The van der Waals surface area contributed by atoms with Gasteiger partial charge < -0.3 is 10.1 Å². The van der Waals surface area contributed by atoms with Gasteiger partial charge in [0.25, 0.3) is 5.91 Å². The van der Waals surface area contributed by atoms with Crippen LogP contribution in [0.2, 0.25) is 0 Å². The number of hydrogen-bond donors (Lipinski definition) is 1. The van der Waals surface area contributed by atoms with E-state index in [2.05, 4.69) is 5.32 Å². The number of anilines is 1. The van der Waals surface area contributed by atoms with Crippen molar-refractivity contribution in [2.75, 3.05) is 12.4 Å². The number of carbonyl (C=O) groups excluding carboxylic acids is 2. The van der Waals surface area contributed by atoms with Gasteiger partial charge in [0.2, 0.25) is 0 Å². The van der Waals surface area contributed by atoms with Crippen LogP contribution < -0.4 is 5.32 Å². The van der Waals surface area contributed by atoms with E-state index in [0.717, 1.165) is 36.1 Å². The molecule has 1 N–H and O–H groups in total. The summed E-state index contributed by atoms with van der Waals surface area (Å²) in [5.41, 5.74) is 1.70. The number of carbonyl (C=O) groups is 2. The highest BCUT2D eigenvalue weighted by atomic mass is 32.1. The number of amides is 1. The van der Waals surface area contributed by atoms with Crippen molar-refractivity contribution in [3.05, 3.63) is 57.2 Å². The summed E-state index contributed by atoms with van der Waals surface area (Å²) in [5, 5.41) is 12.4. The second-order valence-corrected chi connectivity index (χ2v) is 7.19. The van der Waals surface area contributed by atoms with Crippen molar-refractivity contribution in [2.24, 2.45) is 0 Å². The number of benzene rings is 1. The van der Waals surface area contributed by atoms with Gasteiger partial charge in [-0.25, -0.2) is 9.18 Å². The molecule has 2 aromatic rings. The van der Waals surface area contributed by atoms with Crippen molar-refractivity contribution in [3.63, 3.8) is 0 Å². The Morgan fingerprint density at radius 3 is 2.63 bits per heavy atom.